The van der Waals surface area contributed by atoms with E-state index in [0.29, 0.717) is 17.5 Å². The van der Waals surface area contributed by atoms with E-state index in [1.165, 1.54) is 12.1 Å². The third kappa shape index (κ3) is 2.71. The summed E-state index contributed by atoms with van der Waals surface area (Å²) in [5.74, 6) is -0.321. The fraction of sp³-hybridized carbons (Fsp3) is 0.222. The highest BCUT2D eigenvalue weighted by Crippen LogP contribution is 2.17. The maximum Gasteiger partial charge on any atom is 0.166 e. The Morgan fingerprint density at radius 1 is 1.54 bits per heavy atom. The molecule has 0 unspecified atom stereocenters. The van der Waals surface area contributed by atoms with Crippen molar-refractivity contribution in [3.05, 3.63) is 29.6 Å². The molecule has 68 valence electrons. The van der Waals surface area contributed by atoms with Crippen LogP contribution in [0.25, 0.3) is 0 Å². The zero-order chi connectivity index (χ0) is 9.68. The first kappa shape index (κ1) is 10.0. The van der Waals surface area contributed by atoms with Crippen LogP contribution in [-0.2, 0) is 0 Å². The Morgan fingerprint density at radius 3 is 2.85 bits per heavy atom. The quantitative estimate of drug-likeness (QED) is 0.765. The van der Waals surface area contributed by atoms with Gasteiger partial charge in [0.2, 0.25) is 0 Å². The highest BCUT2D eigenvalue weighted by molar-refractivity contribution is 9.09. The van der Waals surface area contributed by atoms with Crippen LogP contribution in [-0.4, -0.2) is 11.9 Å². The number of rotatable bonds is 3. The normalized spacial score (nSPS) is 9.31. The molecule has 0 amide bonds. The van der Waals surface area contributed by atoms with Gasteiger partial charge in [-0.2, -0.15) is 5.26 Å². The van der Waals surface area contributed by atoms with Crippen LogP contribution in [0.3, 0.4) is 0 Å². The molecule has 2 nitrogen and oxygen atoms in total. The van der Waals surface area contributed by atoms with Crippen molar-refractivity contribution in [2.24, 2.45) is 0 Å². The van der Waals surface area contributed by atoms with Gasteiger partial charge in [0.15, 0.2) is 11.6 Å². The summed E-state index contributed by atoms with van der Waals surface area (Å²) in [5.41, 5.74) is 0.295. The molecule has 1 aromatic carbocycles. The van der Waals surface area contributed by atoms with Crippen molar-refractivity contribution >= 4 is 15.9 Å². The number of halogens is 2. The minimum Gasteiger partial charge on any atom is -0.490 e. The lowest BCUT2D eigenvalue weighted by Crippen LogP contribution is -1.99. The van der Waals surface area contributed by atoms with Gasteiger partial charge in [0.25, 0.3) is 0 Å². The number of nitrogens with zero attached hydrogens (tertiary/aromatic N) is 1. The molecule has 0 saturated heterocycles. The van der Waals surface area contributed by atoms with Gasteiger partial charge in [0.05, 0.1) is 18.2 Å². The molecule has 0 saturated carbocycles. The summed E-state index contributed by atoms with van der Waals surface area (Å²) in [7, 11) is 0. The molecule has 0 atom stereocenters. The number of hydrogen-bond donors (Lipinski definition) is 0. The molecule has 0 spiro atoms. The summed E-state index contributed by atoms with van der Waals surface area (Å²) in [6.45, 7) is 0.406. The maximum atomic E-state index is 13.1. The van der Waals surface area contributed by atoms with Gasteiger partial charge in [-0.25, -0.2) is 4.39 Å². The van der Waals surface area contributed by atoms with Crippen molar-refractivity contribution in [3.8, 4) is 11.8 Å². The molecule has 0 aliphatic rings. The van der Waals surface area contributed by atoms with Crippen LogP contribution in [0.2, 0.25) is 0 Å². The summed E-state index contributed by atoms with van der Waals surface area (Å²) < 4.78 is 18.1. The topological polar surface area (TPSA) is 33.0 Å². The van der Waals surface area contributed by atoms with Crippen LogP contribution >= 0.6 is 15.9 Å². The van der Waals surface area contributed by atoms with Crippen LogP contribution in [0.1, 0.15) is 5.56 Å². The molecule has 13 heavy (non-hydrogen) atoms. The molecule has 4 heteroatoms. The lowest BCUT2D eigenvalue weighted by Gasteiger charge is -2.04. The predicted molar refractivity (Wildman–Crippen MR) is 50.4 cm³/mol. The Labute approximate surface area is 84.1 Å². The van der Waals surface area contributed by atoms with Gasteiger partial charge in [-0.3, -0.25) is 0 Å². The van der Waals surface area contributed by atoms with Crippen molar-refractivity contribution in [2.75, 3.05) is 11.9 Å². The average Bonchev–Trinajstić information content (AvgIpc) is 2.16. The zero-order valence-corrected chi connectivity index (χ0v) is 8.34. The van der Waals surface area contributed by atoms with Crippen molar-refractivity contribution < 1.29 is 9.13 Å². The van der Waals surface area contributed by atoms with E-state index in [-0.39, 0.29) is 5.75 Å². The van der Waals surface area contributed by atoms with Crippen LogP contribution in [0.5, 0.6) is 5.75 Å². The molecule has 0 heterocycles. The van der Waals surface area contributed by atoms with Crippen molar-refractivity contribution in [3.63, 3.8) is 0 Å². The second kappa shape index (κ2) is 4.83. The van der Waals surface area contributed by atoms with E-state index in [4.69, 9.17) is 10.00 Å². The number of nitriles is 1. The van der Waals surface area contributed by atoms with E-state index in [0.717, 1.165) is 6.07 Å². The van der Waals surface area contributed by atoms with Crippen LogP contribution in [0, 0.1) is 17.1 Å². The first-order valence-electron chi connectivity index (χ1n) is 3.66. The molecule has 1 rings (SSSR count). The Balaban J connectivity index is 2.81. The first-order valence-corrected chi connectivity index (χ1v) is 4.78. The minimum atomic E-state index is -0.500. The van der Waals surface area contributed by atoms with Crippen molar-refractivity contribution in [2.45, 2.75) is 0 Å². The number of hydrogen-bond acceptors (Lipinski definition) is 2. The molecular weight excluding hydrogens is 237 g/mol. The molecule has 0 fully saturated rings. The third-order valence-corrected chi connectivity index (χ3v) is 1.72. The van der Waals surface area contributed by atoms with Gasteiger partial charge in [-0.15, -0.1) is 0 Å². The van der Waals surface area contributed by atoms with Gasteiger partial charge in [0.1, 0.15) is 0 Å². The molecule has 0 radical (unpaired) electrons. The van der Waals surface area contributed by atoms with E-state index in [9.17, 15) is 4.39 Å². The van der Waals surface area contributed by atoms with Crippen molar-refractivity contribution in [1.82, 2.24) is 0 Å². The van der Waals surface area contributed by atoms with E-state index >= 15 is 0 Å². The molecule has 0 aliphatic heterocycles. The largest absolute Gasteiger partial charge is 0.490 e. The van der Waals surface area contributed by atoms with E-state index < -0.39 is 5.82 Å². The van der Waals surface area contributed by atoms with E-state index in [1.807, 2.05) is 6.07 Å². The first-order chi connectivity index (χ1) is 6.27. The molecule has 0 bridgehead atoms. The molecule has 0 aliphatic carbocycles. The molecular formula is C9H7BrFNO. The van der Waals surface area contributed by atoms with Gasteiger partial charge in [0, 0.05) is 5.33 Å². The Hall–Kier alpha value is -1.08. The molecule has 1 aromatic rings. The molecule has 0 aromatic heterocycles. The Morgan fingerprint density at radius 2 is 2.31 bits per heavy atom. The Bertz CT molecular complexity index is 335. The summed E-state index contributed by atoms with van der Waals surface area (Å²) in [6, 6.07) is 5.98. The summed E-state index contributed by atoms with van der Waals surface area (Å²) in [6.07, 6.45) is 0. The van der Waals surface area contributed by atoms with Crippen LogP contribution in [0.4, 0.5) is 4.39 Å². The second-order valence-electron chi connectivity index (χ2n) is 2.29. The highest BCUT2D eigenvalue weighted by Gasteiger charge is 2.03. The average molecular weight is 244 g/mol. The lowest BCUT2D eigenvalue weighted by atomic mass is 10.2. The number of ether oxygens (including phenoxy) is 1. The fourth-order valence-corrected chi connectivity index (χ4v) is 0.998. The third-order valence-electron chi connectivity index (χ3n) is 1.40. The summed E-state index contributed by atoms with van der Waals surface area (Å²) in [5, 5.41) is 9.11. The van der Waals surface area contributed by atoms with E-state index in [1.54, 1.807) is 0 Å². The van der Waals surface area contributed by atoms with Crippen molar-refractivity contribution in [1.29, 1.82) is 5.26 Å². The van der Waals surface area contributed by atoms with Gasteiger partial charge < -0.3 is 4.74 Å². The summed E-state index contributed by atoms with van der Waals surface area (Å²) in [4.78, 5) is 0. The summed E-state index contributed by atoms with van der Waals surface area (Å²) >= 11 is 3.16. The SMILES string of the molecule is N#Cc1ccc(OCCBr)c(F)c1. The number of benzene rings is 1. The predicted octanol–water partition coefficient (Wildman–Crippen LogP) is 2.47. The van der Waals surface area contributed by atoms with Crippen LogP contribution < -0.4 is 4.74 Å². The standard InChI is InChI=1S/C9H7BrFNO/c10-3-4-13-9-2-1-7(6-12)5-8(9)11/h1-2,5H,3-4H2. The minimum absolute atomic E-state index is 0.179. The molecule has 0 N–H and O–H groups in total. The monoisotopic (exact) mass is 243 g/mol. The fourth-order valence-electron chi connectivity index (χ4n) is 0.836. The number of alkyl halides is 1. The maximum absolute atomic E-state index is 13.1. The van der Waals surface area contributed by atoms with Gasteiger partial charge in [-0.1, -0.05) is 15.9 Å². The van der Waals surface area contributed by atoms with Gasteiger partial charge >= 0.3 is 0 Å². The second-order valence-corrected chi connectivity index (χ2v) is 3.09. The van der Waals surface area contributed by atoms with E-state index in [2.05, 4.69) is 15.9 Å². The highest BCUT2D eigenvalue weighted by atomic mass is 79.9. The smallest absolute Gasteiger partial charge is 0.166 e. The lowest BCUT2D eigenvalue weighted by molar-refractivity contribution is 0.326. The van der Waals surface area contributed by atoms with Crippen LogP contribution in [0.15, 0.2) is 18.2 Å². The Kier molecular flexibility index (Phi) is 3.71. The zero-order valence-electron chi connectivity index (χ0n) is 6.76. The van der Waals surface area contributed by atoms with Gasteiger partial charge in [-0.05, 0) is 18.2 Å².